The summed E-state index contributed by atoms with van der Waals surface area (Å²) < 4.78 is 1.76. The number of carbonyl (C=O) groups excluding carboxylic acids is 2. The summed E-state index contributed by atoms with van der Waals surface area (Å²) in [6.45, 7) is 2.08. The van der Waals surface area contributed by atoms with Gasteiger partial charge in [0.15, 0.2) is 0 Å². The molecule has 2 rings (SSSR count). The van der Waals surface area contributed by atoms with Gasteiger partial charge in [-0.25, -0.2) is 5.48 Å². The smallest absolute Gasteiger partial charge is 0.276 e. The van der Waals surface area contributed by atoms with Crippen molar-refractivity contribution in [3.05, 3.63) is 53.6 Å². The molecular weight excluding hydrogens is 308 g/mol. The van der Waals surface area contributed by atoms with Crippen LogP contribution >= 0.6 is 0 Å². The second-order valence-electron chi connectivity index (χ2n) is 5.59. The van der Waals surface area contributed by atoms with E-state index < -0.39 is 5.91 Å². The first-order chi connectivity index (χ1) is 11.6. The van der Waals surface area contributed by atoms with Gasteiger partial charge in [0, 0.05) is 19.4 Å². The summed E-state index contributed by atoms with van der Waals surface area (Å²) in [6.07, 6.45) is 5.90. The lowest BCUT2D eigenvalue weighted by Crippen LogP contribution is -2.30. The first-order valence-corrected chi connectivity index (χ1v) is 7.89. The average Bonchev–Trinajstić information content (AvgIpc) is 3.04. The second-order valence-corrected chi connectivity index (χ2v) is 5.59. The Bertz CT molecular complexity index is 694. The number of hydrogen-bond acceptors (Lipinski definition) is 4. The average molecular weight is 330 g/mol. The molecule has 0 aliphatic carbocycles. The number of amides is 2. The molecule has 7 heteroatoms. The van der Waals surface area contributed by atoms with E-state index in [2.05, 4.69) is 17.2 Å². The van der Waals surface area contributed by atoms with Crippen LogP contribution in [0, 0.1) is 0 Å². The number of carbonyl (C=O) groups is 2. The number of aromatic nitrogens is 2. The van der Waals surface area contributed by atoms with Crippen LogP contribution in [0.4, 0.5) is 0 Å². The Morgan fingerprint density at radius 3 is 2.62 bits per heavy atom. The van der Waals surface area contributed by atoms with Crippen molar-refractivity contribution >= 4 is 11.8 Å². The molecule has 24 heavy (non-hydrogen) atoms. The van der Waals surface area contributed by atoms with Crippen molar-refractivity contribution in [1.82, 2.24) is 20.3 Å². The maximum absolute atomic E-state index is 12.4. The molecule has 0 aliphatic heterocycles. The first kappa shape index (κ1) is 17.7. The van der Waals surface area contributed by atoms with Crippen LogP contribution in [0.5, 0.6) is 0 Å². The van der Waals surface area contributed by atoms with E-state index in [1.165, 1.54) is 6.20 Å². The van der Waals surface area contributed by atoms with Gasteiger partial charge < -0.3 is 9.88 Å². The van der Waals surface area contributed by atoms with Crippen LogP contribution in [0.2, 0.25) is 0 Å². The first-order valence-electron chi connectivity index (χ1n) is 7.89. The third kappa shape index (κ3) is 4.20. The Morgan fingerprint density at radius 2 is 2.08 bits per heavy atom. The molecule has 2 heterocycles. The van der Waals surface area contributed by atoms with E-state index in [4.69, 9.17) is 5.21 Å². The summed E-state index contributed by atoms with van der Waals surface area (Å²) in [6, 6.07) is 6.60. The lowest BCUT2D eigenvalue weighted by Gasteiger charge is -2.18. The number of pyridine rings is 1. The highest BCUT2D eigenvalue weighted by Crippen LogP contribution is 2.19. The molecule has 1 atom stereocenters. The molecule has 0 fully saturated rings. The van der Waals surface area contributed by atoms with Crippen LogP contribution in [0.1, 0.15) is 58.8 Å². The fraction of sp³-hybridized carbons (Fsp3) is 0.353. The zero-order valence-electron chi connectivity index (χ0n) is 13.8. The van der Waals surface area contributed by atoms with Crippen LogP contribution in [-0.2, 0) is 7.05 Å². The topological polar surface area (TPSA) is 96.2 Å². The molecule has 2 amide bonds. The van der Waals surface area contributed by atoms with Gasteiger partial charge in [-0.3, -0.25) is 19.8 Å². The Labute approximate surface area is 140 Å². The number of hydrogen-bond donors (Lipinski definition) is 3. The zero-order chi connectivity index (χ0) is 17.5. The van der Waals surface area contributed by atoms with E-state index in [1.807, 2.05) is 19.3 Å². The molecule has 0 aliphatic rings. The fourth-order valence-corrected chi connectivity index (χ4v) is 2.44. The fourth-order valence-electron chi connectivity index (χ4n) is 2.44. The number of hydroxylamine groups is 1. The minimum absolute atomic E-state index is 0.164. The van der Waals surface area contributed by atoms with E-state index in [-0.39, 0.29) is 17.5 Å². The van der Waals surface area contributed by atoms with Gasteiger partial charge in [0.05, 0.1) is 17.3 Å². The number of unbranched alkanes of at least 4 members (excludes halogenated alkanes) is 1. The van der Waals surface area contributed by atoms with Crippen molar-refractivity contribution in [1.29, 1.82) is 0 Å². The Balaban J connectivity index is 2.17. The minimum atomic E-state index is -0.619. The molecular formula is C17H22N4O3. The quantitative estimate of drug-likeness (QED) is 0.535. The highest BCUT2D eigenvalue weighted by Gasteiger charge is 2.18. The number of nitrogens with one attached hydrogen (secondary N) is 2. The van der Waals surface area contributed by atoms with Gasteiger partial charge in [-0.05, 0) is 30.7 Å². The predicted octanol–water partition coefficient (Wildman–Crippen LogP) is 2.20. The van der Waals surface area contributed by atoms with Gasteiger partial charge in [-0.15, -0.1) is 0 Å². The van der Waals surface area contributed by atoms with E-state index in [9.17, 15) is 9.59 Å². The van der Waals surface area contributed by atoms with Crippen molar-refractivity contribution in [2.24, 2.45) is 7.05 Å². The molecule has 0 saturated heterocycles. The standard InChI is InChI=1S/C17H22N4O3/c1-3-4-6-14(19-17(23)15-7-5-10-21(15)2)13-9-8-12(11-18-13)16(22)20-24/h5,7-11,14,24H,3-4,6H2,1-2H3,(H,19,23)(H,20,22)/t14-/m0/s1. The monoisotopic (exact) mass is 330 g/mol. The third-order valence-corrected chi connectivity index (χ3v) is 3.84. The van der Waals surface area contributed by atoms with E-state index in [1.54, 1.807) is 28.2 Å². The number of aryl methyl sites for hydroxylation is 1. The van der Waals surface area contributed by atoms with Crippen LogP contribution in [0.3, 0.4) is 0 Å². The summed E-state index contributed by atoms with van der Waals surface area (Å²) in [5, 5.41) is 11.6. The molecule has 7 nitrogen and oxygen atoms in total. The van der Waals surface area contributed by atoms with Crippen molar-refractivity contribution in [2.75, 3.05) is 0 Å². The molecule has 0 spiro atoms. The van der Waals surface area contributed by atoms with Crippen molar-refractivity contribution < 1.29 is 14.8 Å². The van der Waals surface area contributed by atoms with Crippen molar-refractivity contribution in [2.45, 2.75) is 32.2 Å². The number of rotatable bonds is 7. The van der Waals surface area contributed by atoms with Gasteiger partial charge in [0.25, 0.3) is 11.8 Å². The van der Waals surface area contributed by atoms with Crippen LogP contribution in [-0.4, -0.2) is 26.6 Å². The normalized spacial score (nSPS) is 11.8. The lowest BCUT2D eigenvalue weighted by molar-refractivity contribution is 0.0705. The molecule has 3 N–H and O–H groups in total. The predicted molar refractivity (Wildman–Crippen MR) is 88.6 cm³/mol. The molecule has 0 radical (unpaired) electrons. The van der Waals surface area contributed by atoms with E-state index in [0.29, 0.717) is 11.4 Å². The van der Waals surface area contributed by atoms with Gasteiger partial charge >= 0.3 is 0 Å². The Hall–Kier alpha value is -2.67. The van der Waals surface area contributed by atoms with E-state index >= 15 is 0 Å². The summed E-state index contributed by atoms with van der Waals surface area (Å²) in [5.41, 5.74) is 3.08. The second kappa shape index (κ2) is 8.26. The van der Waals surface area contributed by atoms with Crippen molar-refractivity contribution in [3.8, 4) is 0 Å². The lowest BCUT2D eigenvalue weighted by atomic mass is 10.0. The van der Waals surface area contributed by atoms with Gasteiger partial charge in [-0.1, -0.05) is 19.8 Å². The van der Waals surface area contributed by atoms with Crippen LogP contribution in [0.25, 0.3) is 0 Å². The molecule has 0 saturated carbocycles. The molecule has 2 aromatic rings. The summed E-state index contributed by atoms with van der Waals surface area (Å²) >= 11 is 0. The Morgan fingerprint density at radius 1 is 1.29 bits per heavy atom. The zero-order valence-corrected chi connectivity index (χ0v) is 13.8. The van der Waals surface area contributed by atoms with Crippen LogP contribution in [0.15, 0.2) is 36.7 Å². The Kier molecular flexibility index (Phi) is 6.08. The summed E-state index contributed by atoms with van der Waals surface area (Å²) in [5.74, 6) is -0.783. The SMILES string of the molecule is CCCC[C@H](NC(=O)c1cccn1C)c1ccc(C(=O)NO)cn1. The van der Waals surface area contributed by atoms with E-state index in [0.717, 1.165) is 19.3 Å². The summed E-state index contributed by atoms with van der Waals surface area (Å²) in [4.78, 5) is 28.1. The molecule has 128 valence electrons. The molecule has 2 aromatic heterocycles. The number of nitrogens with zero attached hydrogens (tertiary/aromatic N) is 2. The third-order valence-electron chi connectivity index (χ3n) is 3.84. The maximum Gasteiger partial charge on any atom is 0.276 e. The summed E-state index contributed by atoms with van der Waals surface area (Å²) in [7, 11) is 1.82. The largest absolute Gasteiger partial charge is 0.347 e. The molecule has 0 aromatic carbocycles. The minimum Gasteiger partial charge on any atom is -0.347 e. The maximum atomic E-state index is 12.4. The van der Waals surface area contributed by atoms with Gasteiger partial charge in [-0.2, -0.15) is 0 Å². The van der Waals surface area contributed by atoms with Crippen molar-refractivity contribution in [3.63, 3.8) is 0 Å². The van der Waals surface area contributed by atoms with Crippen LogP contribution < -0.4 is 10.8 Å². The molecule has 0 unspecified atom stereocenters. The van der Waals surface area contributed by atoms with Gasteiger partial charge in [0.2, 0.25) is 0 Å². The molecule has 0 bridgehead atoms. The highest BCUT2D eigenvalue weighted by molar-refractivity contribution is 5.93. The highest BCUT2D eigenvalue weighted by atomic mass is 16.5. The van der Waals surface area contributed by atoms with Gasteiger partial charge in [0.1, 0.15) is 5.69 Å².